The topological polar surface area (TPSA) is 47.0 Å². The number of piperidine rings is 1. The summed E-state index contributed by atoms with van der Waals surface area (Å²) in [6.07, 6.45) is 7.82. The first-order valence-electron chi connectivity index (χ1n) is 5.48. The normalized spacial score (nSPS) is 23.7. The highest BCUT2D eigenvalue weighted by molar-refractivity contribution is 4.98. The second-order valence-corrected chi connectivity index (χ2v) is 3.88. The zero-order chi connectivity index (χ0) is 10.5. The summed E-state index contributed by atoms with van der Waals surface area (Å²) in [4.78, 5) is 8.28. The fraction of sp³-hybridized carbons (Fsp3) is 0.636. The van der Waals surface area contributed by atoms with Crippen LogP contribution in [0.4, 0.5) is 0 Å². The molecule has 1 saturated heterocycles. The van der Waals surface area contributed by atoms with Crippen LogP contribution in [0.3, 0.4) is 0 Å². The zero-order valence-corrected chi connectivity index (χ0v) is 9.02. The quantitative estimate of drug-likeness (QED) is 0.811. The Morgan fingerprint density at radius 2 is 2.47 bits per heavy atom. The van der Waals surface area contributed by atoms with Gasteiger partial charge in [-0.15, -0.1) is 0 Å². The minimum Gasteiger partial charge on any atom is -0.368 e. The summed E-state index contributed by atoms with van der Waals surface area (Å²) >= 11 is 0. The van der Waals surface area contributed by atoms with Gasteiger partial charge in [0.1, 0.15) is 0 Å². The Morgan fingerprint density at radius 1 is 1.53 bits per heavy atom. The Kier molecular flexibility index (Phi) is 3.64. The van der Waals surface area contributed by atoms with E-state index in [4.69, 9.17) is 4.74 Å². The molecule has 1 aromatic heterocycles. The van der Waals surface area contributed by atoms with Crippen LogP contribution in [0.15, 0.2) is 18.6 Å². The fourth-order valence-electron chi connectivity index (χ4n) is 1.81. The molecule has 1 fully saturated rings. The van der Waals surface area contributed by atoms with E-state index in [2.05, 4.69) is 15.3 Å². The predicted octanol–water partition coefficient (Wildman–Crippen LogP) is 1.31. The van der Waals surface area contributed by atoms with Crippen molar-refractivity contribution in [3.05, 3.63) is 24.3 Å². The van der Waals surface area contributed by atoms with Gasteiger partial charge in [-0.25, -0.2) is 0 Å². The summed E-state index contributed by atoms with van der Waals surface area (Å²) in [7, 11) is 0. The first-order valence-corrected chi connectivity index (χ1v) is 5.48. The minimum absolute atomic E-state index is 0.0311. The van der Waals surface area contributed by atoms with Crippen molar-refractivity contribution in [1.82, 2.24) is 15.3 Å². The van der Waals surface area contributed by atoms with Crippen molar-refractivity contribution in [2.75, 3.05) is 13.1 Å². The summed E-state index contributed by atoms with van der Waals surface area (Å²) in [6.45, 7) is 4.09. The van der Waals surface area contributed by atoms with E-state index in [0.29, 0.717) is 6.10 Å². The molecule has 0 bridgehead atoms. The second kappa shape index (κ2) is 5.19. The molecule has 15 heavy (non-hydrogen) atoms. The maximum atomic E-state index is 5.91. The lowest BCUT2D eigenvalue weighted by atomic mass is 10.1. The molecule has 1 aliphatic rings. The van der Waals surface area contributed by atoms with Crippen LogP contribution >= 0.6 is 0 Å². The number of rotatable bonds is 3. The molecule has 2 heterocycles. The summed E-state index contributed by atoms with van der Waals surface area (Å²) in [5.74, 6) is 0. The Morgan fingerprint density at radius 3 is 3.13 bits per heavy atom. The molecule has 82 valence electrons. The van der Waals surface area contributed by atoms with Gasteiger partial charge in [-0.05, 0) is 26.3 Å². The van der Waals surface area contributed by atoms with Crippen molar-refractivity contribution < 1.29 is 4.74 Å². The van der Waals surface area contributed by atoms with Crippen molar-refractivity contribution in [3.8, 4) is 0 Å². The first kappa shape index (κ1) is 10.5. The lowest BCUT2D eigenvalue weighted by Crippen LogP contribution is -2.35. The Balaban J connectivity index is 1.88. The predicted molar refractivity (Wildman–Crippen MR) is 57.4 cm³/mol. The fourth-order valence-corrected chi connectivity index (χ4v) is 1.81. The van der Waals surface area contributed by atoms with Gasteiger partial charge in [0.25, 0.3) is 0 Å². The molecule has 0 aliphatic carbocycles. The summed E-state index contributed by atoms with van der Waals surface area (Å²) < 4.78 is 5.91. The van der Waals surface area contributed by atoms with E-state index in [0.717, 1.165) is 25.2 Å². The monoisotopic (exact) mass is 207 g/mol. The van der Waals surface area contributed by atoms with Crippen LogP contribution in [0.25, 0.3) is 0 Å². The number of hydrogen-bond acceptors (Lipinski definition) is 4. The van der Waals surface area contributed by atoms with Gasteiger partial charge >= 0.3 is 0 Å². The summed E-state index contributed by atoms with van der Waals surface area (Å²) in [5.41, 5.74) is 0.906. The van der Waals surface area contributed by atoms with E-state index in [9.17, 15) is 0 Å². The smallest absolute Gasteiger partial charge is 0.0986 e. The van der Waals surface area contributed by atoms with Gasteiger partial charge in [-0.3, -0.25) is 9.97 Å². The van der Waals surface area contributed by atoms with Crippen LogP contribution in [-0.2, 0) is 4.74 Å². The molecule has 0 unspecified atom stereocenters. The first-order chi connectivity index (χ1) is 7.36. The van der Waals surface area contributed by atoms with Crippen LogP contribution in [0.1, 0.15) is 31.6 Å². The number of ether oxygens (including phenoxy) is 1. The maximum Gasteiger partial charge on any atom is 0.0986 e. The summed E-state index contributed by atoms with van der Waals surface area (Å²) in [6, 6.07) is 0. The number of nitrogens with one attached hydrogen (secondary N) is 1. The molecule has 1 N–H and O–H groups in total. The SMILES string of the molecule is C[C@@H](O[C@H]1CCCNC1)c1cnccn1. The average molecular weight is 207 g/mol. The Bertz CT molecular complexity index is 285. The van der Waals surface area contributed by atoms with Crippen LogP contribution in [0.2, 0.25) is 0 Å². The van der Waals surface area contributed by atoms with Crippen LogP contribution in [-0.4, -0.2) is 29.2 Å². The van der Waals surface area contributed by atoms with Gasteiger partial charge in [0.15, 0.2) is 0 Å². The molecule has 0 spiro atoms. The van der Waals surface area contributed by atoms with Crippen molar-refractivity contribution >= 4 is 0 Å². The number of hydrogen-bond donors (Lipinski definition) is 1. The molecule has 2 rings (SSSR count). The van der Waals surface area contributed by atoms with E-state index >= 15 is 0 Å². The second-order valence-electron chi connectivity index (χ2n) is 3.88. The highest BCUT2D eigenvalue weighted by Gasteiger charge is 2.17. The maximum absolute atomic E-state index is 5.91. The molecule has 0 aromatic carbocycles. The van der Waals surface area contributed by atoms with Gasteiger partial charge in [-0.2, -0.15) is 0 Å². The zero-order valence-electron chi connectivity index (χ0n) is 9.02. The molecular formula is C11H17N3O. The van der Waals surface area contributed by atoms with Crippen molar-refractivity contribution in [3.63, 3.8) is 0 Å². The molecule has 1 aromatic rings. The van der Waals surface area contributed by atoms with Crippen molar-refractivity contribution in [2.45, 2.75) is 32.0 Å². The van der Waals surface area contributed by atoms with Gasteiger partial charge in [-0.1, -0.05) is 0 Å². The van der Waals surface area contributed by atoms with Gasteiger partial charge < -0.3 is 10.1 Å². The van der Waals surface area contributed by atoms with Crippen LogP contribution in [0.5, 0.6) is 0 Å². The largest absolute Gasteiger partial charge is 0.368 e. The third-order valence-electron chi connectivity index (χ3n) is 2.65. The van der Waals surface area contributed by atoms with E-state index in [-0.39, 0.29) is 6.10 Å². The Hall–Kier alpha value is -1.00. The van der Waals surface area contributed by atoms with Gasteiger partial charge in [0, 0.05) is 18.9 Å². The van der Waals surface area contributed by atoms with Crippen LogP contribution < -0.4 is 5.32 Å². The summed E-state index contributed by atoms with van der Waals surface area (Å²) in [5, 5.41) is 3.33. The standard InChI is InChI=1S/C11H17N3O/c1-9(11-8-13-5-6-14-11)15-10-3-2-4-12-7-10/h5-6,8-10,12H,2-4,7H2,1H3/t9-,10+/m1/s1. The molecule has 2 atom stereocenters. The Labute approximate surface area is 90.1 Å². The molecular weight excluding hydrogens is 190 g/mol. The molecule has 0 amide bonds. The average Bonchev–Trinajstić information content (AvgIpc) is 2.31. The van der Waals surface area contributed by atoms with E-state index in [1.165, 1.54) is 6.42 Å². The number of nitrogens with zero attached hydrogens (tertiary/aromatic N) is 2. The van der Waals surface area contributed by atoms with E-state index < -0.39 is 0 Å². The lowest BCUT2D eigenvalue weighted by Gasteiger charge is -2.26. The third kappa shape index (κ3) is 2.97. The lowest BCUT2D eigenvalue weighted by molar-refractivity contribution is -0.0171. The highest BCUT2D eigenvalue weighted by Crippen LogP contribution is 2.18. The van der Waals surface area contributed by atoms with Gasteiger partial charge in [0.2, 0.25) is 0 Å². The molecule has 4 nitrogen and oxygen atoms in total. The molecule has 0 radical (unpaired) electrons. The molecule has 0 saturated carbocycles. The molecule has 1 aliphatic heterocycles. The molecule has 4 heteroatoms. The van der Waals surface area contributed by atoms with Crippen molar-refractivity contribution in [1.29, 1.82) is 0 Å². The minimum atomic E-state index is 0.0311. The van der Waals surface area contributed by atoms with E-state index in [1.807, 2.05) is 6.92 Å². The van der Waals surface area contributed by atoms with Gasteiger partial charge in [0.05, 0.1) is 24.1 Å². The van der Waals surface area contributed by atoms with E-state index in [1.54, 1.807) is 18.6 Å². The van der Waals surface area contributed by atoms with Crippen LogP contribution in [0, 0.1) is 0 Å². The third-order valence-corrected chi connectivity index (χ3v) is 2.65. The highest BCUT2D eigenvalue weighted by atomic mass is 16.5. The van der Waals surface area contributed by atoms with Crippen molar-refractivity contribution in [2.24, 2.45) is 0 Å². The number of aromatic nitrogens is 2.